The van der Waals surface area contributed by atoms with Crippen LogP contribution in [0.3, 0.4) is 0 Å². The van der Waals surface area contributed by atoms with Gasteiger partial charge in [-0.15, -0.1) is 0 Å². The van der Waals surface area contributed by atoms with E-state index >= 15 is 0 Å². The first kappa shape index (κ1) is 14.6. The number of benzene rings is 1. The highest BCUT2D eigenvalue weighted by Gasteiger charge is 2.46. The van der Waals surface area contributed by atoms with E-state index in [1.807, 2.05) is 26.0 Å². The van der Waals surface area contributed by atoms with Crippen molar-refractivity contribution in [2.45, 2.75) is 33.0 Å². The monoisotopic (exact) mass is 298 g/mol. The lowest BCUT2D eigenvalue weighted by molar-refractivity contribution is -0.265. The molecule has 0 aliphatic carbocycles. The summed E-state index contributed by atoms with van der Waals surface area (Å²) in [6.07, 6.45) is 0.684. The van der Waals surface area contributed by atoms with Gasteiger partial charge in [-0.25, -0.2) is 0 Å². The number of carbonyl (C=O) groups is 1. The number of rotatable bonds is 2. The summed E-state index contributed by atoms with van der Waals surface area (Å²) in [5.41, 5.74) is 3.25. The first-order chi connectivity index (χ1) is 10.5. The number of aromatic nitrogens is 1. The molecule has 0 bridgehead atoms. The van der Waals surface area contributed by atoms with Gasteiger partial charge in [0.25, 0.3) is 5.79 Å². The summed E-state index contributed by atoms with van der Waals surface area (Å²) in [6, 6.07) is 7.80. The molecule has 1 atom stereocenters. The molecule has 3 rings (SSSR count). The average molecular weight is 298 g/mol. The van der Waals surface area contributed by atoms with Crippen LogP contribution in [0.1, 0.15) is 37.6 Å². The van der Waals surface area contributed by atoms with Crippen molar-refractivity contribution in [2.75, 3.05) is 6.61 Å². The van der Waals surface area contributed by atoms with Gasteiger partial charge < -0.3 is 14.5 Å². The quantitative estimate of drug-likeness (QED) is 0.865. The Hall–Kier alpha value is -2.32. The van der Waals surface area contributed by atoms with E-state index in [0.29, 0.717) is 18.6 Å². The largest absolute Gasteiger partial charge is 0.427 e. The standard InChI is InChI=1S/C17H18N2O3/c1-10(2)17(22-11(3)20)16-13(7-8-21-17)15-12(9-18)5-4-6-14(15)19-16/h4-6,10,19H,7-8H2,1-3H3. The first-order valence-corrected chi connectivity index (χ1v) is 7.37. The molecule has 5 heteroatoms. The average Bonchev–Trinajstić information content (AvgIpc) is 2.86. The van der Waals surface area contributed by atoms with Gasteiger partial charge in [-0.1, -0.05) is 19.9 Å². The van der Waals surface area contributed by atoms with Crippen LogP contribution in [0.15, 0.2) is 18.2 Å². The number of esters is 1. The molecule has 114 valence electrons. The van der Waals surface area contributed by atoms with Crippen molar-refractivity contribution in [3.63, 3.8) is 0 Å². The van der Waals surface area contributed by atoms with Crippen molar-refractivity contribution in [1.29, 1.82) is 5.26 Å². The van der Waals surface area contributed by atoms with Crippen molar-refractivity contribution in [3.05, 3.63) is 35.0 Å². The van der Waals surface area contributed by atoms with Crippen molar-refractivity contribution < 1.29 is 14.3 Å². The molecule has 0 amide bonds. The zero-order valence-corrected chi connectivity index (χ0v) is 12.9. The molecule has 1 unspecified atom stereocenters. The fourth-order valence-electron chi connectivity index (χ4n) is 3.20. The van der Waals surface area contributed by atoms with Gasteiger partial charge >= 0.3 is 5.97 Å². The maximum absolute atomic E-state index is 11.6. The van der Waals surface area contributed by atoms with Gasteiger partial charge in [-0.05, 0) is 24.1 Å². The molecule has 1 aliphatic rings. The number of nitriles is 1. The fraction of sp³-hybridized carbons (Fsp3) is 0.412. The minimum Gasteiger partial charge on any atom is -0.427 e. The Labute approximate surface area is 128 Å². The van der Waals surface area contributed by atoms with Crippen LogP contribution in [0, 0.1) is 17.2 Å². The Morgan fingerprint density at radius 3 is 2.91 bits per heavy atom. The van der Waals surface area contributed by atoms with E-state index in [1.165, 1.54) is 6.92 Å². The minimum atomic E-state index is -1.12. The molecule has 1 aliphatic heterocycles. The molecule has 0 saturated heterocycles. The van der Waals surface area contributed by atoms with Crippen LogP contribution in [0.25, 0.3) is 10.9 Å². The van der Waals surface area contributed by atoms with Crippen LogP contribution >= 0.6 is 0 Å². The summed E-state index contributed by atoms with van der Waals surface area (Å²) in [5.74, 6) is -1.57. The molecule has 1 aromatic heterocycles. The van der Waals surface area contributed by atoms with Gasteiger partial charge in [0, 0.05) is 23.7 Å². The van der Waals surface area contributed by atoms with Gasteiger partial charge in [0.1, 0.15) is 0 Å². The summed E-state index contributed by atoms with van der Waals surface area (Å²) in [5, 5.41) is 10.3. The summed E-state index contributed by atoms with van der Waals surface area (Å²) in [6.45, 7) is 5.74. The molecule has 2 heterocycles. The van der Waals surface area contributed by atoms with Crippen molar-refractivity contribution in [1.82, 2.24) is 4.98 Å². The van der Waals surface area contributed by atoms with E-state index in [-0.39, 0.29) is 11.9 Å². The third kappa shape index (κ3) is 1.99. The van der Waals surface area contributed by atoms with Crippen LogP contribution in [0.5, 0.6) is 0 Å². The number of nitrogens with zero attached hydrogens (tertiary/aromatic N) is 1. The smallest absolute Gasteiger partial charge is 0.305 e. The Bertz CT molecular complexity index is 785. The second kappa shape index (κ2) is 5.15. The Kier molecular flexibility index (Phi) is 3.42. The van der Waals surface area contributed by atoms with E-state index < -0.39 is 5.79 Å². The lowest BCUT2D eigenvalue weighted by atomic mass is 9.91. The highest BCUT2D eigenvalue weighted by Crippen LogP contribution is 2.43. The molecule has 1 N–H and O–H groups in total. The van der Waals surface area contributed by atoms with Gasteiger partial charge in [0.2, 0.25) is 0 Å². The number of carbonyl (C=O) groups excluding carboxylic acids is 1. The zero-order valence-electron chi connectivity index (χ0n) is 12.9. The molecule has 1 aromatic carbocycles. The molecule has 0 radical (unpaired) electrons. The Balaban J connectivity index is 2.31. The Morgan fingerprint density at radius 2 is 2.27 bits per heavy atom. The molecular weight excluding hydrogens is 280 g/mol. The Morgan fingerprint density at radius 1 is 1.50 bits per heavy atom. The molecule has 0 saturated carbocycles. The SMILES string of the molecule is CC(=O)OC1(C(C)C)OCCc2c1[nH]c1cccc(C#N)c21. The van der Waals surface area contributed by atoms with Gasteiger partial charge in [-0.2, -0.15) is 5.26 Å². The molecule has 22 heavy (non-hydrogen) atoms. The summed E-state index contributed by atoms with van der Waals surface area (Å²) < 4.78 is 11.5. The number of hydrogen-bond donors (Lipinski definition) is 1. The first-order valence-electron chi connectivity index (χ1n) is 7.37. The number of nitrogens with one attached hydrogen (secondary N) is 1. The van der Waals surface area contributed by atoms with Crippen LogP contribution in [0.2, 0.25) is 0 Å². The number of ether oxygens (including phenoxy) is 2. The summed E-state index contributed by atoms with van der Waals surface area (Å²) >= 11 is 0. The second-order valence-electron chi connectivity index (χ2n) is 5.83. The molecular formula is C17H18N2O3. The third-order valence-electron chi connectivity index (χ3n) is 4.12. The van der Waals surface area contributed by atoms with Crippen molar-refractivity contribution in [2.24, 2.45) is 5.92 Å². The predicted octanol–water partition coefficient (Wildman–Crippen LogP) is 2.98. The maximum atomic E-state index is 11.6. The molecule has 5 nitrogen and oxygen atoms in total. The van der Waals surface area contributed by atoms with E-state index in [4.69, 9.17) is 9.47 Å². The van der Waals surface area contributed by atoms with Crippen LogP contribution in [-0.4, -0.2) is 17.6 Å². The summed E-state index contributed by atoms with van der Waals surface area (Å²) in [7, 11) is 0. The molecule has 0 spiro atoms. The van der Waals surface area contributed by atoms with Crippen LogP contribution < -0.4 is 0 Å². The highest BCUT2D eigenvalue weighted by atomic mass is 16.7. The van der Waals surface area contributed by atoms with E-state index in [0.717, 1.165) is 22.2 Å². The van der Waals surface area contributed by atoms with E-state index in [9.17, 15) is 10.1 Å². The number of H-pyrrole nitrogens is 1. The minimum absolute atomic E-state index is 0.0611. The third-order valence-corrected chi connectivity index (χ3v) is 4.12. The number of hydrogen-bond acceptors (Lipinski definition) is 4. The van der Waals surface area contributed by atoms with Gasteiger partial charge in [0.15, 0.2) is 0 Å². The second-order valence-corrected chi connectivity index (χ2v) is 5.83. The summed E-state index contributed by atoms with van der Waals surface area (Å²) in [4.78, 5) is 14.9. The lowest BCUT2D eigenvalue weighted by Crippen LogP contribution is -2.44. The van der Waals surface area contributed by atoms with Crippen molar-refractivity contribution in [3.8, 4) is 6.07 Å². The number of fused-ring (bicyclic) bond motifs is 3. The van der Waals surface area contributed by atoms with E-state index in [1.54, 1.807) is 6.07 Å². The van der Waals surface area contributed by atoms with Crippen molar-refractivity contribution >= 4 is 16.9 Å². The van der Waals surface area contributed by atoms with E-state index in [2.05, 4.69) is 11.1 Å². The van der Waals surface area contributed by atoms with Crippen LogP contribution in [0.4, 0.5) is 0 Å². The molecule has 0 fully saturated rings. The lowest BCUT2D eigenvalue weighted by Gasteiger charge is -2.39. The zero-order chi connectivity index (χ0) is 15.9. The highest BCUT2D eigenvalue weighted by molar-refractivity contribution is 5.90. The topological polar surface area (TPSA) is 75.1 Å². The van der Waals surface area contributed by atoms with Gasteiger partial charge in [-0.3, -0.25) is 4.79 Å². The van der Waals surface area contributed by atoms with Gasteiger partial charge in [0.05, 0.1) is 23.9 Å². The molecule has 2 aromatic rings. The van der Waals surface area contributed by atoms with Crippen LogP contribution in [-0.2, 0) is 26.5 Å². The fourth-order valence-corrected chi connectivity index (χ4v) is 3.20. The number of aromatic amines is 1. The maximum Gasteiger partial charge on any atom is 0.305 e. The normalized spacial score (nSPS) is 20.7. The predicted molar refractivity (Wildman–Crippen MR) is 81.0 cm³/mol.